The van der Waals surface area contributed by atoms with Crippen LogP contribution in [0.1, 0.15) is 44.5 Å². The normalized spacial score (nSPS) is 12.3. The highest BCUT2D eigenvalue weighted by Crippen LogP contribution is 2.63. The number of aryl methyl sites for hydroxylation is 1. The maximum atomic E-state index is 9.55. The van der Waals surface area contributed by atoms with Crippen molar-refractivity contribution in [3.8, 4) is 109 Å². The molecule has 0 bridgehead atoms. The molecule has 12 rings (SSSR count). The molecule has 0 fully saturated rings. The summed E-state index contributed by atoms with van der Waals surface area (Å²) in [4.78, 5) is 30.4. The molecular formula is C59H33N9. The van der Waals surface area contributed by atoms with E-state index in [1.165, 1.54) is 0 Å². The van der Waals surface area contributed by atoms with Gasteiger partial charge in [-0.3, -0.25) is 0 Å². The topological polar surface area (TPSA) is 149 Å². The molecule has 0 N–H and O–H groups in total. The van der Waals surface area contributed by atoms with Crippen LogP contribution in [0.2, 0.25) is 0 Å². The lowest BCUT2D eigenvalue weighted by atomic mass is 9.70. The van der Waals surface area contributed by atoms with E-state index in [4.69, 9.17) is 29.9 Å². The molecule has 2 aliphatic rings. The van der Waals surface area contributed by atoms with Crippen LogP contribution in [0.4, 0.5) is 0 Å². The fourth-order valence-corrected chi connectivity index (χ4v) is 9.73. The molecule has 10 aromatic rings. The van der Waals surface area contributed by atoms with Gasteiger partial charge in [0.05, 0.1) is 40.3 Å². The molecule has 9 heteroatoms. The van der Waals surface area contributed by atoms with Gasteiger partial charge in [-0.25, -0.2) is 29.9 Å². The minimum atomic E-state index is -0.744. The van der Waals surface area contributed by atoms with Gasteiger partial charge in [-0.2, -0.15) is 15.8 Å². The Bertz CT molecular complexity index is 3700. The molecular weight excluding hydrogens is 835 g/mol. The third-order valence-electron chi connectivity index (χ3n) is 13.0. The predicted octanol–water partition coefficient (Wildman–Crippen LogP) is 12.3. The van der Waals surface area contributed by atoms with Crippen LogP contribution < -0.4 is 0 Å². The van der Waals surface area contributed by atoms with Gasteiger partial charge in [-0.15, -0.1) is 0 Å². The highest BCUT2D eigenvalue weighted by molar-refractivity contribution is 5.96. The number of aromatic nitrogens is 6. The highest BCUT2D eigenvalue weighted by atomic mass is 15.0. The van der Waals surface area contributed by atoms with Crippen LogP contribution in [0.25, 0.3) is 90.6 Å². The van der Waals surface area contributed by atoms with Crippen LogP contribution in [-0.4, -0.2) is 29.9 Å². The van der Waals surface area contributed by atoms with Crippen LogP contribution in [0.15, 0.2) is 182 Å². The summed E-state index contributed by atoms with van der Waals surface area (Å²) < 4.78 is 0. The Labute approximate surface area is 391 Å². The third-order valence-corrected chi connectivity index (χ3v) is 13.0. The Morgan fingerprint density at radius 2 is 0.588 bits per heavy atom. The van der Waals surface area contributed by atoms with E-state index in [0.29, 0.717) is 51.6 Å². The SMILES string of the molecule is Cc1ccc(-c2nc(-c3ccc(C#N)cc3)nc(-c3ccc4c(c3)C3(c5ccccc5-c5ccccc53)c3cc(-c5nc(-c6ccc(C#N)cc6)nc(-c6ccc(C#N)cc6)n5)ccc3-4)n2)cc1. The summed E-state index contributed by atoms with van der Waals surface area (Å²) in [5, 5.41) is 28.7. The Kier molecular flexibility index (Phi) is 9.22. The lowest BCUT2D eigenvalue weighted by Gasteiger charge is -2.31. The van der Waals surface area contributed by atoms with Gasteiger partial charge >= 0.3 is 0 Å². The monoisotopic (exact) mass is 867 g/mol. The molecule has 68 heavy (non-hydrogen) atoms. The van der Waals surface area contributed by atoms with E-state index in [2.05, 4.69) is 122 Å². The van der Waals surface area contributed by atoms with Gasteiger partial charge in [0.1, 0.15) is 0 Å². The van der Waals surface area contributed by atoms with Crippen LogP contribution >= 0.6 is 0 Å². The smallest absolute Gasteiger partial charge is 0.164 e. The number of fused-ring (bicyclic) bond motifs is 10. The van der Waals surface area contributed by atoms with Gasteiger partial charge in [0.2, 0.25) is 0 Å². The number of benzene rings is 8. The zero-order chi connectivity index (χ0) is 45.9. The summed E-state index contributed by atoms with van der Waals surface area (Å²) in [7, 11) is 0. The van der Waals surface area contributed by atoms with Crippen molar-refractivity contribution in [2.24, 2.45) is 0 Å². The molecule has 0 aliphatic heterocycles. The molecule has 2 heterocycles. The van der Waals surface area contributed by atoms with Gasteiger partial charge < -0.3 is 0 Å². The van der Waals surface area contributed by atoms with Crippen molar-refractivity contribution >= 4 is 0 Å². The van der Waals surface area contributed by atoms with E-state index in [0.717, 1.165) is 83.5 Å². The van der Waals surface area contributed by atoms with Crippen molar-refractivity contribution in [3.63, 3.8) is 0 Å². The Morgan fingerprint density at radius 3 is 0.926 bits per heavy atom. The van der Waals surface area contributed by atoms with Crippen molar-refractivity contribution < 1.29 is 0 Å². The van der Waals surface area contributed by atoms with E-state index in [9.17, 15) is 15.8 Å². The Morgan fingerprint density at radius 1 is 0.309 bits per heavy atom. The third kappa shape index (κ3) is 6.36. The molecule has 2 aromatic heterocycles. The Hall–Kier alpha value is -9.75. The van der Waals surface area contributed by atoms with Crippen LogP contribution in [0.3, 0.4) is 0 Å². The lowest BCUT2D eigenvalue weighted by molar-refractivity contribution is 0.794. The molecule has 314 valence electrons. The first kappa shape index (κ1) is 39.8. The first-order chi connectivity index (χ1) is 33.4. The van der Waals surface area contributed by atoms with Crippen molar-refractivity contribution in [3.05, 3.63) is 226 Å². The molecule has 0 saturated carbocycles. The summed E-state index contributed by atoms with van der Waals surface area (Å²) >= 11 is 0. The standard InChI is InChI=1S/C59H33N9/c1-35-10-18-39(19-11-35)53-63-54(40-20-12-36(32-60)13-21-40)66-57(65-53)43-26-28-47-48-29-27-44(31-52(48)59(51(47)30-43)49-8-4-2-6-45(49)46-7-3-5-9-50(46)59)58-67-55(41-22-14-37(33-61)15-23-41)64-56(68-58)42-24-16-38(34-62)17-25-42/h2-31H,1H3. The number of rotatable bonds is 6. The van der Waals surface area contributed by atoms with E-state index in [-0.39, 0.29) is 0 Å². The number of hydrogen-bond donors (Lipinski definition) is 0. The zero-order valence-corrected chi connectivity index (χ0v) is 36.3. The van der Waals surface area contributed by atoms with Gasteiger partial charge in [0.25, 0.3) is 0 Å². The van der Waals surface area contributed by atoms with E-state index in [1.54, 1.807) is 36.4 Å². The zero-order valence-electron chi connectivity index (χ0n) is 36.3. The van der Waals surface area contributed by atoms with E-state index in [1.807, 2.05) is 48.5 Å². The predicted molar refractivity (Wildman–Crippen MR) is 261 cm³/mol. The second kappa shape index (κ2) is 15.7. The maximum absolute atomic E-state index is 9.55. The minimum absolute atomic E-state index is 0.460. The average molecular weight is 868 g/mol. The number of hydrogen-bond acceptors (Lipinski definition) is 9. The second-order valence-corrected chi connectivity index (χ2v) is 16.9. The van der Waals surface area contributed by atoms with E-state index < -0.39 is 5.41 Å². The average Bonchev–Trinajstić information content (AvgIpc) is 3.87. The molecule has 0 unspecified atom stereocenters. The van der Waals surface area contributed by atoms with Gasteiger partial charge in [-0.05, 0) is 136 Å². The summed E-state index contributed by atoms with van der Waals surface area (Å²) in [6.45, 7) is 2.05. The summed E-state index contributed by atoms with van der Waals surface area (Å²) in [5.41, 5.74) is 15.8. The lowest BCUT2D eigenvalue weighted by Crippen LogP contribution is -2.26. The van der Waals surface area contributed by atoms with Gasteiger partial charge in [0, 0.05) is 33.4 Å². The number of nitriles is 3. The molecule has 9 nitrogen and oxygen atoms in total. The van der Waals surface area contributed by atoms with Crippen LogP contribution in [0, 0.1) is 40.9 Å². The molecule has 0 atom stereocenters. The molecule has 0 saturated heterocycles. The summed E-state index contributed by atoms with van der Waals surface area (Å²) in [5.74, 6) is 2.99. The fraction of sp³-hybridized carbons (Fsp3) is 0.0339. The van der Waals surface area contributed by atoms with Crippen molar-refractivity contribution in [1.29, 1.82) is 15.8 Å². The van der Waals surface area contributed by atoms with Crippen molar-refractivity contribution in [2.45, 2.75) is 12.3 Å². The molecule has 1 spiro atoms. The number of nitrogens with zero attached hydrogens (tertiary/aromatic N) is 9. The molecule has 2 aliphatic carbocycles. The Balaban J connectivity index is 1.08. The molecule has 0 radical (unpaired) electrons. The summed E-state index contributed by atoms with van der Waals surface area (Å²) in [6, 6.07) is 66.9. The molecule has 8 aromatic carbocycles. The highest BCUT2D eigenvalue weighted by Gasteiger charge is 2.52. The largest absolute Gasteiger partial charge is 0.208 e. The quantitative estimate of drug-likeness (QED) is 0.159. The van der Waals surface area contributed by atoms with E-state index >= 15 is 0 Å². The van der Waals surface area contributed by atoms with Crippen molar-refractivity contribution in [1.82, 2.24) is 29.9 Å². The van der Waals surface area contributed by atoms with Crippen LogP contribution in [-0.2, 0) is 5.41 Å². The fourth-order valence-electron chi connectivity index (χ4n) is 9.73. The maximum Gasteiger partial charge on any atom is 0.164 e. The van der Waals surface area contributed by atoms with Crippen molar-refractivity contribution in [2.75, 3.05) is 0 Å². The van der Waals surface area contributed by atoms with Gasteiger partial charge in [0.15, 0.2) is 34.9 Å². The second-order valence-electron chi connectivity index (χ2n) is 16.9. The first-order valence-corrected chi connectivity index (χ1v) is 22.0. The first-order valence-electron chi connectivity index (χ1n) is 22.0. The van der Waals surface area contributed by atoms with Gasteiger partial charge in [-0.1, -0.05) is 103 Å². The van der Waals surface area contributed by atoms with Crippen LogP contribution in [0.5, 0.6) is 0 Å². The summed E-state index contributed by atoms with van der Waals surface area (Å²) in [6.07, 6.45) is 0. The minimum Gasteiger partial charge on any atom is -0.208 e. The molecule has 0 amide bonds.